The minimum Gasteiger partial charge on any atom is -0.352 e. The molecule has 4 nitrogen and oxygen atoms in total. The van der Waals surface area contributed by atoms with Crippen LogP contribution in [0.5, 0.6) is 0 Å². The van der Waals surface area contributed by atoms with Crippen LogP contribution < -0.4 is 10.6 Å². The SMILES string of the molecule is CCCNC(C)C1CCN(CC(=O)NC2CC2)CC1. The van der Waals surface area contributed by atoms with E-state index < -0.39 is 0 Å². The van der Waals surface area contributed by atoms with Gasteiger partial charge in [0.25, 0.3) is 0 Å². The Morgan fingerprint density at radius 2 is 1.95 bits per heavy atom. The van der Waals surface area contributed by atoms with Gasteiger partial charge in [-0.3, -0.25) is 9.69 Å². The van der Waals surface area contributed by atoms with Crippen molar-refractivity contribution in [2.45, 2.75) is 58.0 Å². The largest absolute Gasteiger partial charge is 0.352 e. The standard InChI is InChI=1S/C15H29N3O/c1-3-8-16-12(2)13-6-9-18(10-7-13)11-15(19)17-14-4-5-14/h12-14,16H,3-11H2,1-2H3,(H,17,19). The summed E-state index contributed by atoms with van der Waals surface area (Å²) in [5.74, 6) is 0.993. The second-order valence-electron chi connectivity index (χ2n) is 6.20. The number of likely N-dealkylation sites (tertiary alicyclic amines) is 1. The first-order valence-electron chi connectivity index (χ1n) is 7.94. The highest BCUT2D eigenvalue weighted by molar-refractivity contribution is 5.78. The highest BCUT2D eigenvalue weighted by Gasteiger charge is 2.27. The molecule has 0 aromatic carbocycles. The van der Waals surface area contributed by atoms with Crippen LogP contribution in [0.25, 0.3) is 0 Å². The number of piperidine rings is 1. The summed E-state index contributed by atoms with van der Waals surface area (Å²) in [7, 11) is 0. The van der Waals surface area contributed by atoms with E-state index in [1.165, 1.54) is 32.1 Å². The molecule has 1 aliphatic heterocycles. The summed E-state index contributed by atoms with van der Waals surface area (Å²) in [5, 5.41) is 6.66. The maximum absolute atomic E-state index is 11.8. The van der Waals surface area contributed by atoms with E-state index in [0.29, 0.717) is 18.6 Å². The Morgan fingerprint density at radius 1 is 1.26 bits per heavy atom. The van der Waals surface area contributed by atoms with Crippen LogP contribution >= 0.6 is 0 Å². The van der Waals surface area contributed by atoms with Gasteiger partial charge in [-0.2, -0.15) is 0 Å². The van der Waals surface area contributed by atoms with Gasteiger partial charge in [0.05, 0.1) is 6.54 Å². The maximum Gasteiger partial charge on any atom is 0.234 e. The number of amides is 1. The molecule has 1 aliphatic carbocycles. The van der Waals surface area contributed by atoms with Gasteiger partial charge in [-0.25, -0.2) is 0 Å². The number of hydrogen-bond donors (Lipinski definition) is 2. The van der Waals surface area contributed by atoms with Crippen LogP contribution in [0.4, 0.5) is 0 Å². The smallest absolute Gasteiger partial charge is 0.234 e. The van der Waals surface area contributed by atoms with Gasteiger partial charge in [0.15, 0.2) is 0 Å². The molecule has 0 spiro atoms. The molecule has 0 bridgehead atoms. The Bertz CT molecular complexity index is 283. The van der Waals surface area contributed by atoms with Gasteiger partial charge < -0.3 is 10.6 Å². The Labute approximate surface area is 117 Å². The zero-order valence-corrected chi connectivity index (χ0v) is 12.5. The molecular weight excluding hydrogens is 238 g/mol. The zero-order valence-electron chi connectivity index (χ0n) is 12.5. The average molecular weight is 267 g/mol. The molecule has 4 heteroatoms. The highest BCUT2D eigenvalue weighted by Crippen LogP contribution is 2.21. The number of carbonyl (C=O) groups excluding carboxylic acids is 1. The van der Waals surface area contributed by atoms with Crippen LogP contribution in [0.15, 0.2) is 0 Å². The first-order valence-corrected chi connectivity index (χ1v) is 7.94. The van der Waals surface area contributed by atoms with Crippen molar-refractivity contribution in [2.75, 3.05) is 26.2 Å². The molecule has 1 unspecified atom stereocenters. The van der Waals surface area contributed by atoms with E-state index in [1.807, 2.05) is 0 Å². The summed E-state index contributed by atoms with van der Waals surface area (Å²) < 4.78 is 0. The third-order valence-electron chi connectivity index (χ3n) is 4.37. The topological polar surface area (TPSA) is 44.4 Å². The highest BCUT2D eigenvalue weighted by atomic mass is 16.2. The number of rotatable bonds is 7. The molecule has 2 rings (SSSR count). The zero-order chi connectivity index (χ0) is 13.7. The lowest BCUT2D eigenvalue weighted by molar-refractivity contribution is -0.122. The molecule has 2 N–H and O–H groups in total. The summed E-state index contributed by atoms with van der Waals surface area (Å²) in [5.41, 5.74) is 0. The lowest BCUT2D eigenvalue weighted by Gasteiger charge is -2.34. The quantitative estimate of drug-likeness (QED) is 0.732. The Morgan fingerprint density at radius 3 is 2.53 bits per heavy atom. The van der Waals surface area contributed by atoms with Gasteiger partial charge in [-0.05, 0) is 64.6 Å². The Kier molecular flexibility index (Phi) is 5.64. The van der Waals surface area contributed by atoms with Gasteiger partial charge in [0.2, 0.25) is 5.91 Å². The van der Waals surface area contributed by atoms with Crippen LogP contribution in [-0.4, -0.2) is 49.1 Å². The Hall–Kier alpha value is -0.610. The summed E-state index contributed by atoms with van der Waals surface area (Å²) in [6.07, 6.45) is 5.98. The van der Waals surface area contributed by atoms with Crippen LogP contribution in [0.3, 0.4) is 0 Å². The molecule has 0 aromatic rings. The molecule has 1 saturated carbocycles. The molecule has 1 atom stereocenters. The molecular formula is C15H29N3O. The van der Waals surface area contributed by atoms with Gasteiger partial charge in [-0.1, -0.05) is 6.92 Å². The van der Waals surface area contributed by atoms with E-state index in [2.05, 4.69) is 29.4 Å². The molecule has 2 aliphatic rings. The van der Waals surface area contributed by atoms with Crippen molar-refractivity contribution in [3.05, 3.63) is 0 Å². The molecule has 110 valence electrons. The first-order chi connectivity index (χ1) is 9.19. The van der Waals surface area contributed by atoms with E-state index in [-0.39, 0.29) is 5.91 Å². The third-order valence-corrected chi connectivity index (χ3v) is 4.37. The second kappa shape index (κ2) is 7.25. The first kappa shape index (κ1) is 14.8. The lowest BCUT2D eigenvalue weighted by Crippen LogP contribution is -2.45. The Balaban J connectivity index is 1.62. The fraction of sp³-hybridized carbons (Fsp3) is 0.933. The minimum absolute atomic E-state index is 0.220. The molecule has 0 aromatic heterocycles. The maximum atomic E-state index is 11.8. The lowest BCUT2D eigenvalue weighted by atomic mass is 9.90. The molecule has 0 radical (unpaired) electrons. The van der Waals surface area contributed by atoms with E-state index in [4.69, 9.17) is 0 Å². The average Bonchev–Trinajstić information content (AvgIpc) is 3.20. The van der Waals surface area contributed by atoms with Crippen molar-refractivity contribution in [3.8, 4) is 0 Å². The van der Waals surface area contributed by atoms with Gasteiger partial charge in [0.1, 0.15) is 0 Å². The second-order valence-corrected chi connectivity index (χ2v) is 6.20. The summed E-state index contributed by atoms with van der Waals surface area (Å²) >= 11 is 0. The van der Waals surface area contributed by atoms with Crippen LogP contribution in [0.2, 0.25) is 0 Å². The van der Waals surface area contributed by atoms with Crippen molar-refractivity contribution < 1.29 is 4.79 Å². The molecule has 1 amide bonds. The third kappa shape index (κ3) is 5.11. The number of nitrogens with zero attached hydrogens (tertiary/aromatic N) is 1. The van der Waals surface area contributed by atoms with Crippen LogP contribution in [-0.2, 0) is 4.79 Å². The predicted molar refractivity (Wildman–Crippen MR) is 78.1 cm³/mol. The van der Waals surface area contributed by atoms with Gasteiger partial charge in [0, 0.05) is 12.1 Å². The van der Waals surface area contributed by atoms with Crippen LogP contribution in [0.1, 0.15) is 46.0 Å². The fourth-order valence-electron chi connectivity index (χ4n) is 2.85. The van der Waals surface area contributed by atoms with E-state index >= 15 is 0 Å². The van der Waals surface area contributed by atoms with Crippen molar-refractivity contribution in [2.24, 2.45) is 5.92 Å². The fourth-order valence-corrected chi connectivity index (χ4v) is 2.85. The van der Waals surface area contributed by atoms with Crippen molar-refractivity contribution >= 4 is 5.91 Å². The van der Waals surface area contributed by atoms with Gasteiger partial charge >= 0.3 is 0 Å². The van der Waals surface area contributed by atoms with Crippen molar-refractivity contribution in [1.82, 2.24) is 15.5 Å². The van der Waals surface area contributed by atoms with E-state index in [9.17, 15) is 4.79 Å². The normalized spacial score (nSPS) is 23.3. The number of carbonyl (C=O) groups is 1. The monoisotopic (exact) mass is 267 g/mol. The van der Waals surface area contributed by atoms with E-state index in [1.54, 1.807) is 0 Å². The summed E-state index contributed by atoms with van der Waals surface area (Å²) in [6.45, 7) is 8.36. The molecule has 1 saturated heterocycles. The molecule has 2 fully saturated rings. The predicted octanol–water partition coefficient (Wildman–Crippen LogP) is 1.37. The molecule has 1 heterocycles. The van der Waals surface area contributed by atoms with E-state index in [0.717, 1.165) is 25.6 Å². The van der Waals surface area contributed by atoms with Gasteiger partial charge in [-0.15, -0.1) is 0 Å². The van der Waals surface area contributed by atoms with Crippen molar-refractivity contribution in [3.63, 3.8) is 0 Å². The number of nitrogens with one attached hydrogen (secondary N) is 2. The summed E-state index contributed by atoms with van der Waals surface area (Å²) in [4.78, 5) is 14.1. The van der Waals surface area contributed by atoms with Crippen molar-refractivity contribution in [1.29, 1.82) is 0 Å². The minimum atomic E-state index is 0.220. The number of hydrogen-bond acceptors (Lipinski definition) is 3. The van der Waals surface area contributed by atoms with Crippen LogP contribution in [0, 0.1) is 5.92 Å². The summed E-state index contributed by atoms with van der Waals surface area (Å²) in [6, 6.07) is 1.10. The molecule has 19 heavy (non-hydrogen) atoms.